The average Bonchev–Trinajstić information content (AvgIpc) is 2.35. The van der Waals surface area contributed by atoms with Crippen LogP contribution >= 0.6 is 0 Å². The van der Waals surface area contributed by atoms with Crippen LogP contribution in [0, 0.1) is 22.9 Å². The zero-order valence-electron chi connectivity index (χ0n) is 9.42. The number of non-ortho nitro benzene ring substituents is 1. The van der Waals surface area contributed by atoms with Crippen molar-refractivity contribution in [3.63, 3.8) is 0 Å². The van der Waals surface area contributed by atoms with Gasteiger partial charge in [0.2, 0.25) is 0 Å². The lowest BCUT2D eigenvalue weighted by Gasteiger charge is -2.04. The van der Waals surface area contributed by atoms with E-state index in [0.717, 1.165) is 0 Å². The van der Waals surface area contributed by atoms with Gasteiger partial charge >= 0.3 is 0 Å². The molecule has 1 heterocycles. The van der Waals surface area contributed by atoms with Crippen LogP contribution in [0.15, 0.2) is 24.3 Å². The lowest BCUT2D eigenvalue weighted by atomic mass is 10.2. The number of nitro benzene ring substituents is 1. The van der Waals surface area contributed by atoms with E-state index in [1.54, 1.807) is 6.07 Å². The molecule has 0 amide bonds. The maximum absolute atomic E-state index is 13.3. The average molecular weight is 248 g/mol. The molecule has 18 heavy (non-hydrogen) atoms. The molecule has 0 radical (unpaired) electrons. The monoisotopic (exact) mass is 248 g/mol. The summed E-state index contributed by atoms with van der Waals surface area (Å²) in [4.78, 5) is 17.8. The Bertz CT molecular complexity index is 607. The van der Waals surface area contributed by atoms with Crippen LogP contribution in [0.4, 0.5) is 15.9 Å². The van der Waals surface area contributed by atoms with E-state index in [0.29, 0.717) is 5.56 Å². The summed E-state index contributed by atoms with van der Waals surface area (Å²) in [5.41, 5.74) is 5.83. The highest BCUT2D eigenvalue weighted by Crippen LogP contribution is 2.23. The molecule has 0 fully saturated rings. The van der Waals surface area contributed by atoms with E-state index in [-0.39, 0.29) is 23.0 Å². The van der Waals surface area contributed by atoms with Crippen molar-refractivity contribution in [2.24, 2.45) is 0 Å². The molecule has 1 aromatic heterocycles. The standard InChI is InChI=1S/C11H9FN4O2/c1-6-9(12)10(13)15-11(14-6)7-3-2-4-8(5-7)16(17)18/h2-5H,1H3,(H2,13,14,15). The molecular weight excluding hydrogens is 239 g/mol. The van der Waals surface area contributed by atoms with Gasteiger partial charge in [-0.15, -0.1) is 0 Å². The van der Waals surface area contributed by atoms with E-state index in [4.69, 9.17) is 5.73 Å². The summed E-state index contributed by atoms with van der Waals surface area (Å²) in [7, 11) is 0. The summed E-state index contributed by atoms with van der Waals surface area (Å²) in [5, 5.41) is 10.7. The van der Waals surface area contributed by atoms with Crippen LogP contribution in [0.3, 0.4) is 0 Å². The Hall–Kier alpha value is -2.57. The minimum Gasteiger partial charge on any atom is -0.381 e. The minimum atomic E-state index is -0.677. The molecule has 7 heteroatoms. The third-order valence-electron chi connectivity index (χ3n) is 2.36. The van der Waals surface area contributed by atoms with Crippen molar-refractivity contribution in [1.82, 2.24) is 9.97 Å². The van der Waals surface area contributed by atoms with Crippen molar-refractivity contribution in [2.75, 3.05) is 5.73 Å². The number of aryl methyl sites for hydroxylation is 1. The van der Waals surface area contributed by atoms with Gasteiger partial charge in [0.25, 0.3) is 5.69 Å². The Morgan fingerprint density at radius 3 is 2.72 bits per heavy atom. The molecule has 0 bridgehead atoms. The summed E-state index contributed by atoms with van der Waals surface area (Å²) in [6.45, 7) is 1.45. The van der Waals surface area contributed by atoms with Crippen LogP contribution in [-0.2, 0) is 0 Å². The molecule has 0 aliphatic rings. The van der Waals surface area contributed by atoms with Crippen molar-refractivity contribution < 1.29 is 9.31 Å². The quantitative estimate of drug-likeness (QED) is 0.648. The molecule has 2 N–H and O–H groups in total. The molecule has 0 unspecified atom stereocenters. The Labute approximate surface area is 101 Å². The first kappa shape index (κ1) is 11.9. The van der Waals surface area contributed by atoms with E-state index >= 15 is 0 Å². The zero-order valence-corrected chi connectivity index (χ0v) is 9.42. The van der Waals surface area contributed by atoms with Crippen LogP contribution in [0.5, 0.6) is 0 Å². The van der Waals surface area contributed by atoms with Gasteiger partial charge in [0.1, 0.15) is 0 Å². The highest BCUT2D eigenvalue weighted by Gasteiger charge is 2.12. The zero-order chi connectivity index (χ0) is 13.3. The van der Waals surface area contributed by atoms with Crippen LogP contribution in [0.1, 0.15) is 5.69 Å². The first-order valence-corrected chi connectivity index (χ1v) is 5.03. The molecule has 1 aromatic carbocycles. The summed E-state index contributed by atoms with van der Waals surface area (Å²) in [6, 6.07) is 5.76. The van der Waals surface area contributed by atoms with Crippen LogP contribution in [0.2, 0.25) is 0 Å². The predicted octanol–water partition coefficient (Wildman–Crippen LogP) is 2.08. The van der Waals surface area contributed by atoms with Crippen molar-refractivity contribution in [2.45, 2.75) is 6.92 Å². The number of rotatable bonds is 2. The number of nitro groups is 1. The minimum absolute atomic E-state index is 0.0864. The van der Waals surface area contributed by atoms with Crippen molar-refractivity contribution >= 4 is 11.5 Å². The van der Waals surface area contributed by atoms with Gasteiger partial charge in [-0.05, 0) is 6.92 Å². The second-order valence-corrected chi connectivity index (χ2v) is 3.64. The lowest BCUT2D eigenvalue weighted by molar-refractivity contribution is -0.384. The number of nitrogens with two attached hydrogens (primary N) is 1. The number of hydrogen-bond acceptors (Lipinski definition) is 5. The van der Waals surface area contributed by atoms with Gasteiger partial charge in [0, 0.05) is 17.7 Å². The van der Waals surface area contributed by atoms with E-state index in [2.05, 4.69) is 9.97 Å². The SMILES string of the molecule is Cc1nc(-c2cccc([N+](=O)[O-])c2)nc(N)c1F. The summed E-state index contributed by atoms with van der Waals surface area (Å²) in [6.07, 6.45) is 0. The Morgan fingerprint density at radius 2 is 2.11 bits per heavy atom. The molecular formula is C11H9FN4O2. The number of nitrogens with zero attached hydrogens (tertiary/aromatic N) is 3. The summed E-state index contributed by atoms with van der Waals surface area (Å²) >= 11 is 0. The van der Waals surface area contributed by atoms with E-state index in [1.165, 1.54) is 25.1 Å². The van der Waals surface area contributed by atoms with Crippen LogP contribution < -0.4 is 5.73 Å². The fourth-order valence-corrected chi connectivity index (χ4v) is 1.47. The van der Waals surface area contributed by atoms with Gasteiger partial charge in [-0.1, -0.05) is 12.1 Å². The van der Waals surface area contributed by atoms with E-state index in [9.17, 15) is 14.5 Å². The maximum Gasteiger partial charge on any atom is 0.270 e. The van der Waals surface area contributed by atoms with Gasteiger partial charge in [0.05, 0.1) is 10.6 Å². The molecule has 92 valence electrons. The van der Waals surface area contributed by atoms with Gasteiger partial charge < -0.3 is 5.73 Å². The first-order valence-electron chi connectivity index (χ1n) is 5.03. The predicted molar refractivity (Wildman–Crippen MR) is 63.2 cm³/mol. The lowest BCUT2D eigenvalue weighted by Crippen LogP contribution is -2.03. The molecule has 0 saturated heterocycles. The topological polar surface area (TPSA) is 94.9 Å². The highest BCUT2D eigenvalue weighted by molar-refractivity contribution is 5.60. The molecule has 0 spiro atoms. The third-order valence-corrected chi connectivity index (χ3v) is 2.36. The highest BCUT2D eigenvalue weighted by atomic mass is 19.1. The molecule has 2 aromatic rings. The summed E-state index contributed by atoms with van der Waals surface area (Å²) in [5.74, 6) is -0.789. The van der Waals surface area contributed by atoms with Crippen molar-refractivity contribution in [3.05, 3.63) is 45.9 Å². The number of nitrogen functional groups attached to an aromatic ring is 1. The molecule has 6 nitrogen and oxygen atoms in total. The number of anilines is 1. The second kappa shape index (κ2) is 4.36. The van der Waals surface area contributed by atoms with Gasteiger partial charge in [-0.2, -0.15) is 0 Å². The number of hydrogen-bond donors (Lipinski definition) is 1. The maximum atomic E-state index is 13.3. The van der Waals surface area contributed by atoms with Gasteiger partial charge in [-0.25, -0.2) is 14.4 Å². The van der Waals surface area contributed by atoms with E-state index in [1.807, 2.05) is 0 Å². The Balaban J connectivity index is 2.55. The molecule has 0 aliphatic heterocycles. The second-order valence-electron chi connectivity index (χ2n) is 3.64. The largest absolute Gasteiger partial charge is 0.381 e. The van der Waals surface area contributed by atoms with Gasteiger partial charge in [-0.3, -0.25) is 10.1 Å². The van der Waals surface area contributed by atoms with Crippen molar-refractivity contribution in [3.8, 4) is 11.4 Å². The van der Waals surface area contributed by atoms with Crippen LogP contribution in [-0.4, -0.2) is 14.9 Å². The fourth-order valence-electron chi connectivity index (χ4n) is 1.47. The van der Waals surface area contributed by atoms with Crippen molar-refractivity contribution in [1.29, 1.82) is 0 Å². The third kappa shape index (κ3) is 2.10. The number of aromatic nitrogens is 2. The normalized spacial score (nSPS) is 10.3. The molecule has 0 saturated carbocycles. The molecule has 0 aliphatic carbocycles. The Morgan fingerprint density at radius 1 is 1.39 bits per heavy atom. The number of benzene rings is 1. The fraction of sp³-hybridized carbons (Fsp3) is 0.0909. The first-order chi connectivity index (χ1) is 8.49. The summed E-state index contributed by atoms with van der Waals surface area (Å²) < 4.78 is 13.3. The van der Waals surface area contributed by atoms with Crippen LogP contribution in [0.25, 0.3) is 11.4 Å². The smallest absolute Gasteiger partial charge is 0.270 e. The van der Waals surface area contributed by atoms with E-state index < -0.39 is 10.7 Å². The molecule has 2 rings (SSSR count). The Kier molecular flexibility index (Phi) is 2.88. The number of halogens is 1. The van der Waals surface area contributed by atoms with Gasteiger partial charge in [0.15, 0.2) is 17.5 Å². The molecule has 0 atom stereocenters.